The van der Waals surface area contributed by atoms with E-state index in [4.69, 9.17) is 4.74 Å². The third kappa shape index (κ3) is 3.00. The van der Waals surface area contributed by atoms with Crippen molar-refractivity contribution in [3.05, 3.63) is 28.2 Å². The molecule has 0 N–H and O–H groups in total. The fourth-order valence-corrected chi connectivity index (χ4v) is 2.07. The monoisotopic (exact) mass is 257 g/mol. The maximum atomic E-state index is 5.04. The van der Waals surface area contributed by atoms with Gasteiger partial charge >= 0.3 is 0 Å². The van der Waals surface area contributed by atoms with E-state index in [2.05, 4.69) is 53.0 Å². The first-order valence-corrected chi connectivity index (χ1v) is 5.40. The van der Waals surface area contributed by atoms with Gasteiger partial charge in [0.25, 0.3) is 0 Å². The highest BCUT2D eigenvalue weighted by Gasteiger charge is 2.04. The molecule has 0 bridgehead atoms. The van der Waals surface area contributed by atoms with Crippen LogP contribution in [-0.4, -0.2) is 27.3 Å². The van der Waals surface area contributed by atoms with Gasteiger partial charge in [0.15, 0.2) is 0 Å². The second-order valence-corrected chi connectivity index (χ2v) is 4.22. The van der Waals surface area contributed by atoms with Gasteiger partial charge in [-0.3, -0.25) is 0 Å². The molecule has 0 fully saturated rings. The van der Waals surface area contributed by atoms with Crippen molar-refractivity contribution in [2.75, 3.05) is 32.2 Å². The Morgan fingerprint density at radius 3 is 2.71 bits per heavy atom. The van der Waals surface area contributed by atoms with Crippen molar-refractivity contribution in [1.82, 2.24) is 0 Å². The van der Waals surface area contributed by atoms with E-state index in [-0.39, 0.29) is 0 Å². The molecule has 0 amide bonds. The van der Waals surface area contributed by atoms with E-state index < -0.39 is 0 Å². The number of halogens is 1. The van der Waals surface area contributed by atoms with Crippen LogP contribution in [0.15, 0.2) is 22.7 Å². The fraction of sp³-hybridized carbons (Fsp3) is 0.455. The van der Waals surface area contributed by atoms with E-state index in [0.717, 1.165) is 17.6 Å². The van der Waals surface area contributed by atoms with Crippen LogP contribution in [0.5, 0.6) is 0 Å². The van der Waals surface area contributed by atoms with Crippen molar-refractivity contribution in [3.8, 4) is 0 Å². The summed E-state index contributed by atoms with van der Waals surface area (Å²) in [7, 11) is 3.78. The average molecular weight is 258 g/mol. The van der Waals surface area contributed by atoms with Crippen LogP contribution in [0.25, 0.3) is 0 Å². The van der Waals surface area contributed by atoms with Crippen LogP contribution in [0.2, 0.25) is 0 Å². The highest BCUT2D eigenvalue weighted by atomic mass is 79.9. The molecule has 0 radical (unpaired) electrons. The lowest BCUT2D eigenvalue weighted by atomic mass is 10.2. The van der Waals surface area contributed by atoms with Gasteiger partial charge in [-0.25, -0.2) is 0 Å². The van der Waals surface area contributed by atoms with E-state index in [0.29, 0.717) is 0 Å². The van der Waals surface area contributed by atoms with Gasteiger partial charge in [0.2, 0.25) is 0 Å². The number of ether oxygens (including phenoxy) is 1. The molecule has 0 saturated heterocycles. The molecule has 1 aromatic carbocycles. The van der Waals surface area contributed by atoms with Gasteiger partial charge in [-0.15, -0.1) is 0 Å². The van der Waals surface area contributed by atoms with Crippen LogP contribution in [0.4, 0.5) is 5.69 Å². The Hall–Kier alpha value is -0.540. The van der Waals surface area contributed by atoms with Crippen LogP contribution < -0.4 is 4.90 Å². The highest BCUT2D eigenvalue weighted by Crippen LogP contribution is 2.25. The number of methoxy groups -OCH3 is 1. The topological polar surface area (TPSA) is 12.5 Å². The number of likely N-dealkylation sites (N-methyl/N-ethyl adjacent to an activating group) is 1. The van der Waals surface area contributed by atoms with Gasteiger partial charge in [0.1, 0.15) is 0 Å². The van der Waals surface area contributed by atoms with Crippen LogP contribution in [0.1, 0.15) is 5.56 Å². The van der Waals surface area contributed by atoms with Crippen molar-refractivity contribution in [2.45, 2.75) is 6.92 Å². The van der Waals surface area contributed by atoms with Gasteiger partial charge in [-0.05, 0) is 40.5 Å². The summed E-state index contributed by atoms with van der Waals surface area (Å²) >= 11 is 3.56. The van der Waals surface area contributed by atoms with Crippen LogP contribution in [0.3, 0.4) is 0 Å². The number of rotatable bonds is 4. The zero-order valence-electron chi connectivity index (χ0n) is 8.88. The summed E-state index contributed by atoms with van der Waals surface area (Å²) in [6.45, 7) is 3.73. The molecule has 0 saturated carbocycles. The van der Waals surface area contributed by atoms with E-state index in [1.807, 2.05) is 0 Å². The third-order valence-electron chi connectivity index (χ3n) is 2.15. The van der Waals surface area contributed by atoms with E-state index >= 15 is 0 Å². The molecule has 0 aliphatic carbocycles. The van der Waals surface area contributed by atoms with Crippen LogP contribution in [-0.2, 0) is 4.74 Å². The van der Waals surface area contributed by atoms with Crippen molar-refractivity contribution >= 4 is 21.6 Å². The standard InChI is InChI=1S/C11H16BrNO/c1-9-4-5-11(10(12)8-9)13(2)6-7-14-3/h4-5,8H,6-7H2,1-3H3. The Kier molecular flexibility index (Phi) is 4.42. The first-order valence-electron chi connectivity index (χ1n) is 4.61. The largest absolute Gasteiger partial charge is 0.383 e. The number of anilines is 1. The SMILES string of the molecule is COCCN(C)c1ccc(C)cc1Br. The summed E-state index contributed by atoms with van der Waals surface area (Å²) in [5, 5.41) is 0. The molecule has 0 spiro atoms. The number of hydrogen-bond acceptors (Lipinski definition) is 2. The second-order valence-electron chi connectivity index (χ2n) is 3.37. The summed E-state index contributed by atoms with van der Waals surface area (Å²) in [6.07, 6.45) is 0. The summed E-state index contributed by atoms with van der Waals surface area (Å²) < 4.78 is 6.18. The number of nitrogens with zero attached hydrogens (tertiary/aromatic N) is 1. The van der Waals surface area contributed by atoms with E-state index in [1.54, 1.807) is 7.11 Å². The summed E-state index contributed by atoms with van der Waals surface area (Å²) in [6, 6.07) is 6.36. The smallest absolute Gasteiger partial charge is 0.0637 e. The molecular weight excluding hydrogens is 242 g/mol. The Balaban J connectivity index is 2.74. The predicted octanol–water partition coefficient (Wildman–Crippen LogP) is 2.84. The molecule has 0 atom stereocenters. The van der Waals surface area contributed by atoms with Crippen molar-refractivity contribution in [1.29, 1.82) is 0 Å². The second kappa shape index (κ2) is 5.37. The third-order valence-corrected chi connectivity index (χ3v) is 2.78. The molecule has 1 aromatic rings. The highest BCUT2D eigenvalue weighted by molar-refractivity contribution is 9.10. The Morgan fingerprint density at radius 2 is 2.14 bits per heavy atom. The minimum atomic E-state index is 0.747. The zero-order valence-corrected chi connectivity index (χ0v) is 10.5. The van der Waals surface area contributed by atoms with Gasteiger partial charge in [0.05, 0.1) is 12.3 Å². The molecule has 0 unspecified atom stereocenters. The molecular formula is C11H16BrNO. The summed E-state index contributed by atoms with van der Waals surface area (Å²) in [4.78, 5) is 2.17. The Morgan fingerprint density at radius 1 is 1.43 bits per heavy atom. The van der Waals surface area contributed by atoms with Gasteiger partial charge in [-0.2, -0.15) is 0 Å². The predicted molar refractivity (Wildman–Crippen MR) is 64.0 cm³/mol. The minimum Gasteiger partial charge on any atom is -0.383 e. The summed E-state index contributed by atoms with van der Waals surface area (Å²) in [5.41, 5.74) is 2.47. The Labute approximate surface area is 94.0 Å². The quantitative estimate of drug-likeness (QED) is 0.823. The molecule has 2 nitrogen and oxygen atoms in total. The minimum absolute atomic E-state index is 0.747. The van der Waals surface area contributed by atoms with Crippen molar-refractivity contribution in [3.63, 3.8) is 0 Å². The van der Waals surface area contributed by atoms with Gasteiger partial charge in [-0.1, -0.05) is 6.07 Å². The summed E-state index contributed by atoms with van der Waals surface area (Å²) in [5.74, 6) is 0. The molecule has 0 aromatic heterocycles. The fourth-order valence-electron chi connectivity index (χ4n) is 1.27. The van der Waals surface area contributed by atoms with Crippen LogP contribution >= 0.6 is 15.9 Å². The van der Waals surface area contributed by atoms with Gasteiger partial charge < -0.3 is 9.64 Å². The van der Waals surface area contributed by atoms with Crippen molar-refractivity contribution in [2.24, 2.45) is 0 Å². The van der Waals surface area contributed by atoms with Gasteiger partial charge in [0, 0.05) is 25.2 Å². The molecule has 0 aliphatic rings. The van der Waals surface area contributed by atoms with E-state index in [9.17, 15) is 0 Å². The first-order chi connectivity index (χ1) is 6.65. The molecule has 0 heterocycles. The lowest BCUT2D eigenvalue weighted by Crippen LogP contribution is -2.22. The van der Waals surface area contributed by atoms with E-state index in [1.165, 1.54) is 11.3 Å². The molecule has 3 heteroatoms. The number of hydrogen-bond donors (Lipinski definition) is 0. The number of aryl methyl sites for hydroxylation is 1. The normalized spacial score (nSPS) is 10.3. The van der Waals surface area contributed by atoms with Crippen molar-refractivity contribution < 1.29 is 4.74 Å². The lowest BCUT2D eigenvalue weighted by Gasteiger charge is -2.20. The average Bonchev–Trinajstić information content (AvgIpc) is 2.14. The van der Waals surface area contributed by atoms with Crippen LogP contribution in [0, 0.1) is 6.92 Å². The zero-order chi connectivity index (χ0) is 10.6. The molecule has 1 rings (SSSR count). The maximum absolute atomic E-state index is 5.04. The number of benzene rings is 1. The lowest BCUT2D eigenvalue weighted by molar-refractivity contribution is 0.206. The molecule has 14 heavy (non-hydrogen) atoms. The molecule has 0 aliphatic heterocycles. The first kappa shape index (κ1) is 11.5. The molecule has 78 valence electrons. The maximum Gasteiger partial charge on any atom is 0.0637 e. The Bertz CT molecular complexity index is 301.